The summed E-state index contributed by atoms with van der Waals surface area (Å²) in [7, 11) is -4.18. The zero-order valence-electron chi connectivity index (χ0n) is 21.9. The molecule has 1 atom stereocenters. The first-order valence-corrected chi connectivity index (χ1v) is 15.1. The maximum absolute atomic E-state index is 13.7. The lowest BCUT2D eigenvalue weighted by molar-refractivity contribution is -0.122. The molecule has 0 spiro atoms. The van der Waals surface area contributed by atoms with E-state index in [1.165, 1.54) is 36.4 Å². The molecule has 0 N–H and O–H groups in total. The van der Waals surface area contributed by atoms with Gasteiger partial charge in [0.2, 0.25) is 15.9 Å². The molecule has 6 rings (SSSR count). The molecule has 1 unspecified atom stereocenters. The number of sulfonamides is 1. The lowest BCUT2D eigenvalue weighted by atomic mass is 10.2. The number of hydrogen-bond acceptors (Lipinski definition) is 6. The van der Waals surface area contributed by atoms with Crippen molar-refractivity contribution in [1.82, 2.24) is 9.29 Å². The summed E-state index contributed by atoms with van der Waals surface area (Å²) in [5.74, 6) is -1.61. The molecule has 0 radical (unpaired) electrons. The fourth-order valence-corrected chi connectivity index (χ4v) is 7.54. The van der Waals surface area contributed by atoms with Gasteiger partial charge in [0, 0.05) is 12.1 Å². The van der Waals surface area contributed by atoms with E-state index in [0.717, 1.165) is 35.6 Å². The molecule has 1 fully saturated rings. The molecule has 1 aromatic heterocycles. The highest BCUT2D eigenvalue weighted by atomic mass is 32.2. The van der Waals surface area contributed by atoms with Crippen LogP contribution in [0.5, 0.6) is 0 Å². The van der Waals surface area contributed by atoms with Crippen LogP contribution < -0.4 is 4.90 Å². The molecule has 41 heavy (non-hydrogen) atoms. The Balaban J connectivity index is 1.31. The molecule has 7 nitrogen and oxygen atoms in total. The Labute approximate surface area is 240 Å². The van der Waals surface area contributed by atoms with E-state index in [1.54, 1.807) is 53.8 Å². The number of carbonyl (C=O) groups is 2. The Morgan fingerprint density at radius 3 is 2.37 bits per heavy atom. The number of rotatable bonds is 7. The summed E-state index contributed by atoms with van der Waals surface area (Å²) < 4.78 is 43.1. The van der Waals surface area contributed by atoms with Crippen LogP contribution in [0.25, 0.3) is 20.8 Å². The molecule has 0 aliphatic carbocycles. The number of anilines is 1. The number of fused-ring (bicyclic) bond motifs is 1. The second-order valence-electron chi connectivity index (χ2n) is 9.81. The molecule has 10 heteroatoms. The van der Waals surface area contributed by atoms with E-state index < -0.39 is 33.7 Å². The summed E-state index contributed by atoms with van der Waals surface area (Å²) in [6, 6.07) is 24.8. The first-order valence-electron chi connectivity index (χ1n) is 12.9. The lowest BCUT2D eigenvalue weighted by Crippen LogP contribution is -2.45. The number of amides is 2. The van der Waals surface area contributed by atoms with Gasteiger partial charge in [-0.2, -0.15) is 4.31 Å². The number of hydrogen-bond donors (Lipinski definition) is 0. The summed E-state index contributed by atoms with van der Waals surface area (Å²) in [5, 5.41) is 0.813. The van der Waals surface area contributed by atoms with Gasteiger partial charge < -0.3 is 0 Å². The Morgan fingerprint density at radius 1 is 0.951 bits per heavy atom. The third-order valence-corrected chi connectivity index (χ3v) is 9.92. The first kappa shape index (κ1) is 26.9. The van der Waals surface area contributed by atoms with Crippen LogP contribution in [-0.4, -0.2) is 35.6 Å². The second-order valence-corrected chi connectivity index (χ2v) is 12.7. The van der Waals surface area contributed by atoms with Crippen molar-refractivity contribution >= 4 is 49.1 Å². The van der Waals surface area contributed by atoms with Gasteiger partial charge in [-0.15, -0.1) is 11.3 Å². The quantitative estimate of drug-likeness (QED) is 0.221. The first-order chi connectivity index (χ1) is 19.7. The smallest absolute Gasteiger partial charge is 0.252 e. The summed E-state index contributed by atoms with van der Waals surface area (Å²) in [6.07, 6.45) is -0.314. The highest BCUT2D eigenvalue weighted by Crippen LogP contribution is 2.34. The summed E-state index contributed by atoms with van der Waals surface area (Å²) >= 11 is 1.55. The summed E-state index contributed by atoms with van der Waals surface area (Å²) in [4.78, 5) is 32.6. The van der Waals surface area contributed by atoms with Gasteiger partial charge in [-0.05, 0) is 78.7 Å². The van der Waals surface area contributed by atoms with E-state index in [4.69, 9.17) is 4.98 Å². The SMILES string of the molecule is Cc1ccc2nc(-c3ccc(N4C(=O)CC(N(Cc5ccc(F)cc5)S(=O)(=O)c5ccccc5)C4=O)cc3)sc2c1. The Morgan fingerprint density at radius 2 is 1.66 bits per heavy atom. The molecule has 4 aromatic carbocycles. The van der Waals surface area contributed by atoms with E-state index >= 15 is 0 Å². The average Bonchev–Trinajstić information content (AvgIpc) is 3.52. The van der Waals surface area contributed by atoms with E-state index in [2.05, 4.69) is 6.07 Å². The van der Waals surface area contributed by atoms with Crippen LogP contribution in [-0.2, 0) is 26.2 Å². The second kappa shape index (κ2) is 10.6. The van der Waals surface area contributed by atoms with Crippen LogP contribution in [0.3, 0.4) is 0 Å². The van der Waals surface area contributed by atoms with E-state index in [1.807, 2.05) is 19.1 Å². The minimum absolute atomic E-state index is 0.00353. The van der Waals surface area contributed by atoms with Crippen LogP contribution in [0.2, 0.25) is 0 Å². The zero-order valence-corrected chi connectivity index (χ0v) is 23.5. The fraction of sp³-hybridized carbons (Fsp3) is 0.129. The van der Waals surface area contributed by atoms with Crippen molar-refractivity contribution < 1.29 is 22.4 Å². The van der Waals surface area contributed by atoms with Crippen LogP contribution in [0.15, 0.2) is 102 Å². The standard InChI is InChI=1S/C31H24FN3O4S2/c1-20-7-16-26-28(17-20)40-30(33-26)22-10-14-24(15-11-22)35-29(36)18-27(31(35)37)34(19-21-8-12-23(32)13-9-21)41(38,39)25-5-3-2-4-6-25/h2-17,27H,18-19H2,1H3. The summed E-state index contributed by atoms with van der Waals surface area (Å²) in [6.45, 7) is 1.82. The maximum atomic E-state index is 13.7. The van der Waals surface area contributed by atoms with Crippen molar-refractivity contribution in [2.24, 2.45) is 0 Å². The minimum Gasteiger partial charge on any atom is -0.274 e. The molecule has 1 aliphatic heterocycles. The topological polar surface area (TPSA) is 87.7 Å². The Kier molecular flexibility index (Phi) is 6.98. The largest absolute Gasteiger partial charge is 0.274 e. The highest BCUT2D eigenvalue weighted by Gasteiger charge is 2.47. The molecular formula is C31H24FN3O4S2. The van der Waals surface area contributed by atoms with Crippen LogP contribution in [0.1, 0.15) is 17.5 Å². The van der Waals surface area contributed by atoms with Gasteiger partial charge in [-0.1, -0.05) is 36.4 Å². The van der Waals surface area contributed by atoms with Gasteiger partial charge in [0.15, 0.2) is 0 Å². The van der Waals surface area contributed by atoms with E-state index in [0.29, 0.717) is 11.3 Å². The fourth-order valence-electron chi connectivity index (χ4n) is 4.88. The summed E-state index contributed by atoms with van der Waals surface area (Å²) in [5.41, 5.74) is 3.72. The number of halogens is 1. The number of thiazole rings is 1. The van der Waals surface area contributed by atoms with Crippen molar-refractivity contribution in [2.45, 2.75) is 30.8 Å². The van der Waals surface area contributed by atoms with Crippen molar-refractivity contribution in [3.8, 4) is 10.6 Å². The highest BCUT2D eigenvalue weighted by molar-refractivity contribution is 7.89. The lowest BCUT2D eigenvalue weighted by Gasteiger charge is -2.27. The number of nitrogens with zero attached hydrogens (tertiary/aromatic N) is 3. The molecular weight excluding hydrogens is 561 g/mol. The third kappa shape index (κ3) is 5.17. The van der Waals surface area contributed by atoms with Crippen LogP contribution in [0, 0.1) is 12.7 Å². The van der Waals surface area contributed by atoms with Crippen molar-refractivity contribution in [3.63, 3.8) is 0 Å². The van der Waals surface area contributed by atoms with Crippen LogP contribution in [0.4, 0.5) is 10.1 Å². The monoisotopic (exact) mass is 585 g/mol. The van der Waals surface area contributed by atoms with Crippen LogP contribution >= 0.6 is 11.3 Å². The van der Waals surface area contributed by atoms with Gasteiger partial charge >= 0.3 is 0 Å². The molecule has 0 bridgehead atoms. The van der Waals surface area contributed by atoms with E-state index in [-0.39, 0.29) is 17.9 Å². The Hall–Kier alpha value is -4.25. The maximum Gasteiger partial charge on any atom is 0.252 e. The third-order valence-electron chi connectivity index (χ3n) is 6.99. The Bertz CT molecular complexity index is 1870. The number of benzene rings is 4. The minimum atomic E-state index is -4.18. The van der Waals surface area contributed by atoms with Gasteiger partial charge in [-0.3, -0.25) is 9.59 Å². The molecule has 1 aliphatic rings. The molecule has 206 valence electrons. The number of carbonyl (C=O) groups excluding carboxylic acids is 2. The molecule has 0 saturated carbocycles. The number of aromatic nitrogens is 1. The van der Waals surface area contributed by atoms with Crippen molar-refractivity contribution in [1.29, 1.82) is 0 Å². The molecule has 5 aromatic rings. The van der Waals surface area contributed by atoms with Crippen molar-refractivity contribution in [2.75, 3.05) is 4.90 Å². The molecule has 1 saturated heterocycles. The molecule has 2 amide bonds. The predicted octanol–water partition coefficient (Wildman–Crippen LogP) is 5.93. The van der Waals surface area contributed by atoms with Gasteiger partial charge in [0.1, 0.15) is 16.9 Å². The normalized spacial score (nSPS) is 15.8. The van der Waals surface area contributed by atoms with E-state index in [9.17, 15) is 22.4 Å². The average molecular weight is 586 g/mol. The number of imide groups is 1. The van der Waals surface area contributed by atoms with Gasteiger partial charge in [0.05, 0.1) is 27.2 Å². The number of aryl methyl sites for hydroxylation is 1. The predicted molar refractivity (Wildman–Crippen MR) is 156 cm³/mol. The van der Waals surface area contributed by atoms with Gasteiger partial charge in [0.25, 0.3) is 5.91 Å². The van der Waals surface area contributed by atoms with Crippen molar-refractivity contribution in [3.05, 3.63) is 114 Å². The molecule has 2 heterocycles. The van der Waals surface area contributed by atoms with Gasteiger partial charge in [-0.25, -0.2) is 22.7 Å². The zero-order chi connectivity index (χ0) is 28.7.